The van der Waals surface area contributed by atoms with E-state index in [9.17, 15) is 13.6 Å². The average molecular weight is 426 g/mol. The molecule has 160 valence electrons. The summed E-state index contributed by atoms with van der Waals surface area (Å²) < 4.78 is 38.0. The van der Waals surface area contributed by atoms with E-state index in [4.69, 9.17) is 9.47 Å². The minimum absolute atomic E-state index is 0.143. The zero-order chi connectivity index (χ0) is 21.4. The van der Waals surface area contributed by atoms with E-state index >= 15 is 0 Å². The summed E-state index contributed by atoms with van der Waals surface area (Å²) in [6.45, 7) is 2.64. The van der Waals surface area contributed by atoms with E-state index in [1.807, 2.05) is 23.1 Å². The highest BCUT2D eigenvalue weighted by Gasteiger charge is 2.25. The van der Waals surface area contributed by atoms with Gasteiger partial charge in [-0.15, -0.1) is 0 Å². The SMILES string of the molecule is O=C(c1cc(-c2ccc3c(c2)OCO3)n[nH]1)N1CCN(Cc2cccc(F)c2F)CC1. The molecule has 5 rings (SSSR count). The van der Waals surface area contributed by atoms with Crippen LogP contribution in [0.2, 0.25) is 0 Å². The highest BCUT2D eigenvalue weighted by molar-refractivity contribution is 5.93. The fourth-order valence-electron chi connectivity index (χ4n) is 3.83. The lowest BCUT2D eigenvalue weighted by molar-refractivity contribution is 0.0621. The Balaban J connectivity index is 1.21. The molecule has 0 radical (unpaired) electrons. The third-order valence-corrected chi connectivity index (χ3v) is 5.56. The number of hydrogen-bond donors (Lipinski definition) is 1. The number of nitrogens with zero attached hydrogens (tertiary/aromatic N) is 3. The summed E-state index contributed by atoms with van der Waals surface area (Å²) in [6, 6.07) is 11.4. The third-order valence-electron chi connectivity index (χ3n) is 5.56. The lowest BCUT2D eigenvalue weighted by Gasteiger charge is -2.34. The van der Waals surface area contributed by atoms with E-state index in [1.54, 1.807) is 17.0 Å². The fourth-order valence-corrected chi connectivity index (χ4v) is 3.83. The standard InChI is InChI=1S/C22H20F2N4O3/c23-16-3-1-2-15(21(16)24)12-27-6-8-28(9-7-27)22(29)18-11-17(25-26-18)14-4-5-19-20(10-14)31-13-30-19/h1-5,10-11H,6-9,12-13H2,(H,25,26). The summed E-state index contributed by atoms with van der Waals surface area (Å²) in [5.41, 5.74) is 2.18. The maximum Gasteiger partial charge on any atom is 0.271 e. The molecule has 2 aliphatic heterocycles. The van der Waals surface area contributed by atoms with Gasteiger partial charge < -0.3 is 14.4 Å². The van der Waals surface area contributed by atoms with E-state index in [1.165, 1.54) is 6.07 Å². The van der Waals surface area contributed by atoms with Gasteiger partial charge in [0.25, 0.3) is 5.91 Å². The largest absolute Gasteiger partial charge is 0.454 e. The molecule has 0 unspecified atom stereocenters. The molecule has 1 saturated heterocycles. The Hall–Kier alpha value is -3.46. The van der Waals surface area contributed by atoms with Gasteiger partial charge in [-0.25, -0.2) is 8.78 Å². The summed E-state index contributed by atoms with van der Waals surface area (Å²) in [6.07, 6.45) is 0. The van der Waals surface area contributed by atoms with Gasteiger partial charge in [-0.05, 0) is 30.3 Å². The Morgan fingerprint density at radius 1 is 1.03 bits per heavy atom. The number of benzene rings is 2. The molecule has 31 heavy (non-hydrogen) atoms. The van der Waals surface area contributed by atoms with Crippen LogP contribution in [-0.2, 0) is 6.54 Å². The van der Waals surface area contributed by atoms with Crippen LogP contribution in [0.1, 0.15) is 16.1 Å². The molecule has 3 heterocycles. The van der Waals surface area contributed by atoms with Crippen molar-refractivity contribution in [3.63, 3.8) is 0 Å². The Labute approximate surface area is 177 Å². The number of halogens is 2. The summed E-state index contributed by atoms with van der Waals surface area (Å²) in [7, 11) is 0. The zero-order valence-electron chi connectivity index (χ0n) is 16.6. The number of amides is 1. The second-order valence-corrected chi connectivity index (χ2v) is 7.52. The van der Waals surface area contributed by atoms with Crippen LogP contribution in [0.5, 0.6) is 11.5 Å². The van der Waals surface area contributed by atoms with Gasteiger partial charge in [0.1, 0.15) is 5.69 Å². The van der Waals surface area contributed by atoms with E-state index in [0.29, 0.717) is 61.2 Å². The number of ether oxygens (including phenoxy) is 2. The highest BCUT2D eigenvalue weighted by atomic mass is 19.2. The van der Waals surface area contributed by atoms with Gasteiger partial charge in [0.05, 0.1) is 5.69 Å². The van der Waals surface area contributed by atoms with Gasteiger partial charge in [-0.2, -0.15) is 5.10 Å². The monoisotopic (exact) mass is 426 g/mol. The molecular weight excluding hydrogens is 406 g/mol. The van der Waals surface area contributed by atoms with Crippen molar-refractivity contribution in [1.29, 1.82) is 0 Å². The summed E-state index contributed by atoms with van der Waals surface area (Å²) >= 11 is 0. The summed E-state index contributed by atoms with van der Waals surface area (Å²) in [5, 5.41) is 7.08. The Kier molecular flexibility index (Phi) is 5.03. The number of rotatable bonds is 4. The number of piperazine rings is 1. The average Bonchev–Trinajstić information content (AvgIpc) is 3.46. The topological polar surface area (TPSA) is 70.7 Å². The van der Waals surface area contributed by atoms with Crippen LogP contribution in [0.25, 0.3) is 11.3 Å². The second kappa shape index (κ2) is 7.99. The first kappa shape index (κ1) is 19.5. The molecule has 0 atom stereocenters. The van der Waals surface area contributed by atoms with Crippen LogP contribution in [0.3, 0.4) is 0 Å². The van der Waals surface area contributed by atoms with Crippen LogP contribution in [0.4, 0.5) is 8.78 Å². The molecule has 1 amide bonds. The molecule has 7 nitrogen and oxygen atoms in total. The van der Waals surface area contributed by atoms with Gasteiger partial charge in [-0.3, -0.25) is 14.8 Å². The predicted molar refractivity (Wildman–Crippen MR) is 108 cm³/mol. The normalized spacial score (nSPS) is 16.0. The molecule has 2 aliphatic rings. The van der Waals surface area contributed by atoms with Gasteiger partial charge in [0, 0.05) is 43.9 Å². The van der Waals surface area contributed by atoms with Gasteiger partial charge >= 0.3 is 0 Å². The lowest BCUT2D eigenvalue weighted by Crippen LogP contribution is -2.48. The van der Waals surface area contributed by atoms with Gasteiger partial charge in [0.2, 0.25) is 6.79 Å². The molecule has 9 heteroatoms. The lowest BCUT2D eigenvalue weighted by atomic mass is 10.1. The minimum atomic E-state index is -0.844. The summed E-state index contributed by atoms with van der Waals surface area (Å²) in [4.78, 5) is 16.6. The van der Waals surface area contributed by atoms with Crippen LogP contribution in [-0.4, -0.2) is 58.9 Å². The molecule has 0 aliphatic carbocycles. The quantitative estimate of drug-likeness (QED) is 0.695. The number of H-pyrrole nitrogens is 1. The van der Waals surface area contributed by atoms with Crippen molar-refractivity contribution in [1.82, 2.24) is 20.0 Å². The second-order valence-electron chi connectivity index (χ2n) is 7.52. The number of hydrogen-bond acceptors (Lipinski definition) is 5. The third kappa shape index (κ3) is 3.84. The van der Waals surface area contributed by atoms with Crippen molar-refractivity contribution < 1.29 is 23.0 Å². The van der Waals surface area contributed by atoms with Crippen molar-refractivity contribution in [2.45, 2.75) is 6.54 Å². The fraction of sp³-hybridized carbons (Fsp3) is 0.273. The first-order chi connectivity index (χ1) is 15.1. The number of carbonyl (C=O) groups is 1. The van der Waals surface area contributed by atoms with Gasteiger partial charge in [0.15, 0.2) is 23.1 Å². The first-order valence-corrected chi connectivity index (χ1v) is 9.98. The predicted octanol–water partition coefficient (Wildman–Crippen LogP) is 3.04. The molecule has 1 N–H and O–H groups in total. The Morgan fingerprint density at radius 2 is 1.84 bits per heavy atom. The van der Waals surface area contributed by atoms with Crippen molar-refractivity contribution in [3.8, 4) is 22.8 Å². The van der Waals surface area contributed by atoms with E-state index in [0.717, 1.165) is 11.6 Å². The molecule has 0 bridgehead atoms. The first-order valence-electron chi connectivity index (χ1n) is 9.98. The van der Waals surface area contributed by atoms with Crippen LogP contribution < -0.4 is 9.47 Å². The van der Waals surface area contributed by atoms with Crippen molar-refractivity contribution in [2.75, 3.05) is 33.0 Å². The number of nitrogens with one attached hydrogen (secondary N) is 1. The Bertz CT molecular complexity index is 1130. The van der Waals surface area contributed by atoms with E-state index in [2.05, 4.69) is 10.2 Å². The molecular formula is C22H20F2N4O3. The number of carbonyl (C=O) groups excluding carboxylic acids is 1. The minimum Gasteiger partial charge on any atom is -0.454 e. The maximum atomic E-state index is 13.9. The number of aromatic nitrogens is 2. The van der Waals surface area contributed by atoms with Crippen molar-refractivity contribution >= 4 is 5.91 Å². The molecule has 3 aromatic rings. The van der Waals surface area contributed by atoms with E-state index < -0.39 is 11.6 Å². The highest BCUT2D eigenvalue weighted by Crippen LogP contribution is 2.35. The maximum absolute atomic E-state index is 13.9. The van der Waals surface area contributed by atoms with E-state index in [-0.39, 0.29) is 12.7 Å². The molecule has 0 spiro atoms. The number of fused-ring (bicyclic) bond motifs is 1. The Morgan fingerprint density at radius 3 is 2.68 bits per heavy atom. The van der Waals surface area contributed by atoms with Crippen LogP contribution >= 0.6 is 0 Å². The molecule has 2 aromatic carbocycles. The molecule has 1 fully saturated rings. The zero-order valence-corrected chi connectivity index (χ0v) is 16.6. The number of aromatic amines is 1. The summed E-state index contributed by atoms with van der Waals surface area (Å²) in [5.74, 6) is -0.458. The molecule has 1 aromatic heterocycles. The van der Waals surface area contributed by atoms with Crippen LogP contribution in [0, 0.1) is 11.6 Å². The van der Waals surface area contributed by atoms with Crippen molar-refractivity contribution in [3.05, 3.63) is 65.4 Å². The molecule has 0 saturated carbocycles. The van der Waals surface area contributed by atoms with Gasteiger partial charge in [-0.1, -0.05) is 12.1 Å². The van der Waals surface area contributed by atoms with Crippen molar-refractivity contribution in [2.24, 2.45) is 0 Å². The smallest absolute Gasteiger partial charge is 0.271 e. The van der Waals surface area contributed by atoms with Crippen LogP contribution in [0.15, 0.2) is 42.5 Å².